The molecular weight excluding hydrogens is 272 g/mol. The van der Waals surface area contributed by atoms with Gasteiger partial charge < -0.3 is 5.73 Å². The molecule has 2 nitrogen and oxygen atoms in total. The van der Waals surface area contributed by atoms with E-state index < -0.39 is 0 Å². The second-order valence-electron chi connectivity index (χ2n) is 2.31. The normalized spacial score (nSPS) is 13.1. The van der Waals surface area contributed by atoms with Crippen molar-refractivity contribution in [3.63, 3.8) is 0 Å². The molecule has 0 aromatic carbocycles. The number of nitrogens with two attached hydrogens (primary N) is 1. The summed E-state index contributed by atoms with van der Waals surface area (Å²) in [6.07, 6.45) is 1.74. The summed E-state index contributed by atoms with van der Waals surface area (Å²) in [6.45, 7) is 1.90. The molecule has 1 heterocycles. The molecule has 1 rings (SSSR count). The molecule has 0 bridgehead atoms. The number of hydrogen-bond acceptors (Lipinski definition) is 2. The summed E-state index contributed by atoms with van der Waals surface area (Å²) in [5.41, 5.74) is 6.54. The van der Waals surface area contributed by atoms with Gasteiger partial charge in [0.2, 0.25) is 0 Å². The molecule has 0 aliphatic heterocycles. The zero-order chi connectivity index (χ0) is 8.43. The van der Waals surface area contributed by atoms with Crippen LogP contribution in [-0.2, 0) is 0 Å². The molecule has 0 amide bonds. The fourth-order valence-corrected chi connectivity index (χ4v) is 2.11. The third-order valence-electron chi connectivity index (χ3n) is 1.27. The first-order valence-electron chi connectivity index (χ1n) is 3.18. The maximum Gasteiger partial charge on any atom is 0.0710 e. The molecule has 4 heteroatoms. The number of pyridine rings is 1. The quantitative estimate of drug-likeness (QED) is 0.858. The molecule has 1 aromatic rings. The molecule has 60 valence electrons. The van der Waals surface area contributed by atoms with Crippen LogP contribution < -0.4 is 5.73 Å². The van der Waals surface area contributed by atoms with E-state index in [9.17, 15) is 0 Å². The highest BCUT2D eigenvalue weighted by Crippen LogP contribution is 2.22. The minimum Gasteiger partial charge on any atom is -0.323 e. The number of hydrogen-bond donors (Lipinski definition) is 1. The van der Waals surface area contributed by atoms with Gasteiger partial charge in [-0.2, -0.15) is 0 Å². The summed E-state index contributed by atoms with van der Waals surface area (Å²) in [5, 5.41) is 0. The van der Waals surface area contributed by atoms with Crippen molar-refractivity contribution in [2.75, 3.05) is 0 Å². The molecular formula is C7H8Br2N2. The molecule has 0 radical (unpaired) electrons. The third kappa shape index (κ3) is 2.25. The minimum absolute atomic E-state index is 0.0301. The van der Waals surface area contributed by atoms with Gasteiger partial charge >= 0.3 is 0 Å². The highest BCUT2D eigenvalue weighted by molar-refractivity contribution is 9.11. The predicted octanol–water partition coefficient (Wildman–Crippen LogP) is 2.63. The van der Waals surface area contributed by atoms with Gasteiger partial charge in [-0.1, -0.05) is 0 Å². The number of rotatable bonds is 1. The predicted molar refractivity (Wildman–Crippen MR) is 52.2 cm³/mol. The van der Waals surface area contributed by atoms with Crippen LogP contribution in [0.2, 0.25) is 0 Å². The first-order chi connectivity index (χ1) is 5.11. The zero-order valence-electron chi connectivity index (χ0n) is 6.01. The summed E-state index contributed by atoms with van der Waals surface area (Å²) in [6, 6.07) is 1.91. The van der Waals surface area contributed by atoms with Gasteiger partial charge in [-0.15, -0.1) is 0 Å². The van der Waals surface area contributed by atoms with Gasteiger partial charge in [0.25, 0.3) is 0 Å². The van der Waals surface area contributed by atoms with Crippen molar-refractivity contribution in [2.24, 2.45) is 5.73 Å². The smallest absolute Gasteiger partial charge is 0.0710 e. The Labute approximate surface area is 82.5 Å². The van der Waals surface area contributed by atoms with Crippen LogP contribution in [0.4, 0.5) is 0 Å². The van der Waals surface area contributed by atoms with Gasteiger partial charge in [0.15, 0.2) is 0 Å². The molecule has 2 N–H and O–H groups in total. The highest BCUT2D eigenvalue weighted by Gasteiger charge is 2.05. The number of halogens is 2. The SMILES string of the molecule is C[C@H](N)c1ncc(Br)cc1Br. The largest absolute Gasteiger partial charge is 0.323 e. The molecule has 1 atom stereocenters. The molecule has 0 unspecified atom stereocenters. The Hall–Kier alpha value is 0.0700. The summed E-state index contributed by atoms with van der Waals surface area (Å²) in [7, 11) is 0. The van der Waals surface area contributed by atoms with E-state index in [1.54, 1.807) is 6.20 Å². The molecule has 11 heavy (non-hydrogen) atoms. The van der Waals surface area contributed by atoms with Gasteiger partial charge in [0.1, 0.15) is 0 Å². The lowest BCUT2D eigenvalue weighted by atomic mass is 10.2. The van der Waals surface area contributed by atoms with Crippen molar-refractivity contribution < 1.29 is 0 Å². The first kappa shape index (κ1) is 9.16. The van der Waals surface area contributed by atoms with E-state index in [2.05, 4.69) is 36.8 Å². The fraction of sp³-hybridized carbons (Fsp3) is 0.286. The fourth-order valence-electron chi connectivity index (χ4n) is 0.760. The van der Waals surface area contributed by atoms with Gasteiger partial charge in [-0.25, -0.2) is 0 Å². The van der Waals surface area contributed by atoms with Crippen LogP contribution in [0.5, 0.6) is 0 Å². The van der Waals surface area contributed by atoms with Crippen LogP contribution in [0.15, 0.2) is 21.2 Å². The van der Waals surface area contributed by atoms with Crippen molar-refractivity contribution in [1.29, 1.82) is 0 Å². The zero-order valence-corrected chi connectivity index (χ0v) is 9.18. The van der Waals surface area contributed by atoms with Crippen LogP contribution >= 0.6 is 31.9 Å². The van der Waals surface area contributed by atoms with Crippen LogP contribution in [0.1, 0.15) is 18.7 Å². The highest BCUT2D eigenvalue weighted by atomic mass is 79.9. The molecule has 0 saturated heterocycles. The Morgan fingerprint density at radius 1 is 1.55 bits per heavy atom. The number of aromatic nitrogens is 1. The lowest BCUT2D eigenvalue weighted by molar-refractivity contribution is 0.774. The second-order valence-corrected chi connectivity index (χ2v) is 4.08. The van der Waals surface area contributed by atoms with Gasteiger partial charge in [0, 0.05) is 21.2 Å². The molecule has 0 spiro atoms. The van der Waals surface area contributed by atoms with Crippen molar-refractivity contribution in [3.05, 3.63) is 26.9 Å². The molecule has 1 aromatic heterocycles. The van der Waals surface area contributed by atoms with Crippen molar-refractivity contribution >= 4 is 31.9 Å². The van der Waals surface area contributed by atoms with Crippen LogP contribution in [0.25, 0.3) is 0 Å². The van der Waals surface area contributed by atoms with E-state index in [1.165, 1.54) is 0 Å². The number of nitrogens with zero attached hydrogens (tertiary/aromatic N) is 1. The monoisotopic (exact) mass is 278 g/mol. The first-order valence-corrected chi connectivity index (χ1v) is 4.76. The van der Waals surface area contributed by atoms with E-state index in [0.29, 0.717) is 0 Å². The standard InChI is InChI=1S/C7H8Br2N2/c1-4(10)7-6(9)2-5(8)3-11-7/h2-4H,10H2,1H3/t4-/m0/s1. The van der Waals surface area contributed by atoms with Crippen molar-refractivity contribution in [2.45, 2.75) is 13.0 Å². The molecule has 0 saturated carbocycles. The minimum atomic E-state index is -0.0301. The van der Waals surface area contributed by atoms with Gasteiger partial charge in [-0.05, 0) is 44.8 Å². The topological polar surface area (TPSA) is 38.9 Å². The molecule has 0 aliphatic rings. The Balaban J connectivity index is 3.09. The summed E-state index contributed by atoms with van der Waals surface area (Å²) in [4.78, 5) is 4.16. The van der Waals surface area contributed by atoms with Crippen molar-refractivity contribution in [1.82, 2.24) is 4.98 Å². The van der Waals surface area contributed by atoms with Crippen LogP contribution in [0, 0.1) is 0 Å². The van der Waals surface area contributed by atoms with E-state index in [0.717, 1.165) is 14.6 Å². The lowest BCUT2D eigenvalue weighted by Crippen LogP contribution is -2.07. The Morgan fingerprint density at radius 3 is 2.64 bits per heavy atom. The van der Waals surface area contributed by atoms with Crippen LogP contribution in [-0.4, -0.2) is 4.98 Å². The summed E-state index contributed by atoms with van der Waals surface area (Å²) < 4.78 is 1.90. The summed E-state index contributed by atoms with van der Waals surface area (Å²) in [5.74, 6) is 0. The second kappa shape index (κ2) is 3.65. The van der Waals surface area contributed by atoms with Gasteiger partial charge in [-0.3, -0.25) is 4.98 Å². The van der Waals surface area contributed by atoms with E-state index in [-0.39, 0.29) is 6.04 Å². The van der Waals surface area contributed by atoms with Crippen LogP contribution in [0.3, 0.4) is 0 Å². The molecule has 0 fully saturated rings. The maximum absolute atomic E-state index is 5.66. The Morgan fingerprint density at radius 2 is 2.18 bits per heavy atom. The van der Waals surface area contributed by atoms with Gasteiger partial charge in [0.05, 0.1) is 5.69 Å². The lowest BCUT2D eigenvalue weighted by Gasteiger charge is -2.06. The summed E-state index contributed by atoms with van der Waals surface area (Å²) >= 11 is 6.69. The van der Waals surface area contributed by atoms with E-state index in [4.69, 9.17) is 5.73 Å². The van der Waals surface area contributed by atoms with Crippen molar-refractivity contribution in [3.8, 4) is 0 Å². The maximum atomic E-state index is 5.66. The average Bonchev–Trinajstić information content (AvgIpc) is 1.85. The van der Waals surface area contributed by atoms with E-state index >= 15 is 0 Å². The average molecular weight is 280 g/mol. The molecule has 0 aliphatic carbocycles. The third-order valence-corrected chi connectivity index (χ3v) is 2.34. The Bertz CT molecular complexity index is 261. The Kier molecular flexibility index (Phi) is 3.04. The van der Waals surface area contributed by atoms with E-state index in [1.807, 2.05) is 13.0 Å².